The van der Waals surface area contributed by atoms with Crippen molar-refractivity contribution in [3.8, 4) is 0 Å². The van der Waals surface area contributed by atoms with E-state index < -0.39 is 71.0 Å². The number of ketones is 3. The number of carbonyl (C=O) groups excluding carboxylic acids is 4. The number of esters is 1. The van der Waals surface area contributed by atoms with Gasteiger partial charge in [-0.05, 0) is 70.2 Å². The van der Waals surface area contributed by atoms with Crippen LogP contribution in [0.4, 0.5) is 0 Å². The van der Waals surface area contributed by atoms with E-state index in [-0.39, 0.29) is 36.6 Å². The highest BCUT2D eigenvalue weighted by Gasteiger charge is 2.61. The van der Waals surface area contributed by atoms with Crippen molar-refractivity contribution < 1.29 is 48.3 Å². The molecule has 0 aromatic heterocycles. The SMILES string of the molecule is CO[C@H]1C[C@H](O[C@H]2CC[C@]3(C)[C@@H](C[C@@H](OC(=O)/C=C\c4ccccc4)[C@@]4(C)C(=O)CC[C@@H]4C(C)=O)C(=O)C=C[C@]3(O)C2)O[C@H](C)[C@H]1O. The lowest BCUT2D eigenvalue weighted by atomic mass is 9.52. The van der Waals surface area contributed by atoms with Gasteiger partial charge in [-0.25, -0.2) is 4.79 Å². The second kappa shape index (κ2) is 13.8. The molecule has 0 spiro atoms. The minimum atomic E-state index is -1.45. The van der Waals surface area contributed by atoms with Gasteiger partial charge in [-0.1, -0.05) is 37.3 Å². The summed E-state index contributed by atoms with van der Waals surface area (Å²) in [5.41, 5.74) is -2.96. The molecule has 1 heterocycles. The average molecular weight is 653 g/mol. The summed E-state index contributed by atoms with van der Waals surface area (Å²) in [4.78, 5) is 53.3. The summed E-state index contributed by atoms with van der Waals surface area (Å²) in [6.07, 6.45) is 3.93. The van der Waals surface area contributed by atoms with Gasteiger partial charge < -0.3 is 29.2 Å². The minimum absolute atomic E-state index is 0.0267. The highest BCUT2D eigenvalue weighted by atomic mass is 16.7. The number of aliphatic hydroxyl groups is 2. The molecule has 1 aromatic carbocycles. The van der Waals surface area contributed by atoms with Crippen LogP contribution in [0, 0.1) is 22.7 Å². The number of hydrogen-bond acceptors (Lipinski definition) is 10. The predicted octanol–water partition coefficient (Wildman–Crippen LogP) is 4.15. The Bertz CT molecular complexity index is 1400. The number of fused-ring (bicyclic) bond motifs is 1. The maximum Gasteiger partial charge on any atom is 0.331 e. The van der Waals surface area contributed by atoms with E-state index >= 15 is 0 Å². The topological polar surface area (TPSA) is 146 Å². The normalized spacial score (nSPS) is 39.5. The summed E-state index contributed by atoms with van der Waals surface area (Å²) in [7, 11) is 1.53. The fraction of sp³-hybridized carbons (Fsp3) is 0.622. The monoisotopic (exact) mass is 652 g/mol. The molecule has 11 atom stereocenters. The molecule has 10 heteroatoms. The molecule has 3 aliphatic carbocycles. The lowest BCUT2D eigenvalue weighted by Crippen LogP contribution is -2.60. The van der Waals surface area contributed by atoms with Crippen LogP contribution in [0.1, 0.15) is 78.2 Å². The second-order valence-corrected chi connectivity index (χ2v) is 14.2. The van der Waals surface area contributed by atoms with E-state index in [1.54, 1.807) is 19.9 Å². The van der Waals surface area contributed by atoms with Crippen molar-refractivity contribution in [2.75, 3.05) is 7.11 Å². The van der Waals surface area contributed by atoms with Crippen molar-refractivity contribution in [1.29, 1.82) is 0 Å². The maximum absolute atomic E-state index is 13.7. The van der Waals surface area contributed by atoms with Gasteiger partial charge in [0.25, 0.3) is 0 Å². The molecule has 47 heavy (non-hydrogen) atoms. The quantitative estimate of drug-likeness (QED) is 0.279. The van der Waals surface area contributed by atoms with Crippen LogP contribution in [0.5, 0.6) is 0 Å². The third kappa shape index (κ3) is 6.81. The molecule has 2 saturated carbocycles. The number of carbonyl (C=O) groups is 4. The summed E-state index contributed by atoms with van der Waals surface area (Å²) in [5, 5.41) is 22.5. The Labute approximate surface area is 276 Å². The fourth-order valence-corrected chi connectivity index (χ4v) is 8.39. The van der Waals surface area contributed by atoms with Crippen molar-refractivity contribution in [2.24, 2.45) is 22.7 Å². The van der Waals surface area contributed by atoms with Crippen LogP contribution in [0.2, 0.25) is 0 Å². The maximum atomic E-state index is 13.7. The molecule has 256 valence electrons. The number of ether oxygens (including phenoxy) is 4. The van der Waals surface area contributed by atoms with Crippen molar-refractivity contribution >= 4 is 29.4 Å². The van der Waals surface area contributed by atoms with Gasteiger partial charge >= 0.3 is 5.97 Å². The summed E-state index contributed by atoms with van der Waals surface area (Å²) in [6, 6.07) is 9.23. The first-order valence-corrected chi connectivity index (χ1v) is 16.7. The summed E-state index contributed by atoms with van der Waals surface area (Å²) in [5.74, 6) is -2.72. The van der Waals surface area contributed by atoms with Crippen molar-refractivity contribution in [3.05, 3.63) is 54.1 Å². The van der Waals surface area contributed by atoms with Gasteiger partial charge in [0.2, 0.25) is 0 Å². The van der Waals surface area contributed by atoms with E-state index in [0.29, 0.717) is 25.7 Å². The third-order valence-electron chi connectivity index (χ3n) is 11.5. The van der Waals surface area contributed by atoms with E-state index in [1.165, 1.54) is 32.3 Å². The third-order valence-corrected chi connectivity index (χ3v) is 11.5. The minimum Gasteiger partial charge on any atom is -0.458 e. The Morgan fingerprint density at radius 1 is 1.15 bits per heavy atom. The highest BCUT2D eigenvalue weighted by molar-refractivity contribution is 5.97. The molecule has 5 rings (SSSR count). The van der Waals surface area contributed by atoms with Gasteiger partial charge in [0.1, 0.15) is 23.8 Å². The van der Waals surface area contributed by atoms with Crippen LogP contribution in [-0.2, 0) is 38.1 Å². The van der Waals surface area contributed by atoms with Crippen molar-refractivity contribution in [3.63, 3.8) is 0 Å². The van der Waals surface area contributed by atoms with E-state index in [9.17, 15) is 29.4 Å². The standard InChI is InChI=1S/C37H48O10/c1-22(38)26-12-13-30(40)36(26,4)31(47-32(41)14-11-24-9-7-6-8-10-24)19-27-28(39)16-18-37(43)21-25(15-17-35(27,37)3)46-33-20-29(44-5)34(42)23(2)45-33/h6-11,14,16,18,23,25-27,29,31,33-34,42-43H,12-13,15,17,19-21H2,1-5H3/b14-11-/t23-,25+,26-,27+,29+,31-,33+,34-,35-,36-,37+/m1/s1. The number of allylic oxidation sites excluding steroid dienone is 1. The van der Waals surface area contributed by atoms with Crippen LogP contribution in [0.15, 0.2) is 48.6 Å². The predicted molar refractivity (Wildman–Crippen MR) is 172 cm³/mol. The van der Waals surface area contributed by atoms with Gasteiger partial charge in [0.15, 0.2) is 12.1 Å². The van der Waals surface area contributed by atoms with E-state index in [0.717, 1.165) is 5.56 Å². The average Bonchev–Trinajstić information content (AvgIpc) is 3.35. The molecule has 0 bridgehead atoms. The van der Waals surface area contributed by atoms with Gasteiger partial charge in [0, 0.05) is 49.7 Å². The number of methoxy groups -OCH3 is 1. The number of rotatable bonds is 10. The number of Topliss-reactive ketones (excluding diaryl/α,β-unsaturated/α-hetero) is 2. The van der Waals surface area contributed by atoms with Crippen LogP contribution in [0.3, 0.4) is 0 Å². The van der Waals surface area contributed by atoms with Crippen LogP contribution in [0.25, 0.3) is 6.08 Å². The Morgan fingerprint density at radius 3 is 2.55 bits per heavy atom. The van der Waals surface area contributed by atoms with Gasteiger partial charge in [-0.3, -0.25) is 14.4 Å². The van der Waals surface area contributed by atoms with E-state index in [2.05, 4.69) is 0 Å². The molecule has 10 nitrogen and oxygen atoms in total. The second-order valence-electron chi connectivity index (χ2n) is 14.2. The van der Waals surface area contributed by atoms with E-state index in [1.807, 2.05) is 37.3 Å². The summed E-state index contributed by atoms with van der Waals surface area (Å²) < 4.78 is 23.7. The molecule has 1 aromatic rings. The molecule has 4 aliphatic rings. The number of benzene rings is 1. The molecule has 0 unspecified atom stereocenters. The highest BCUT2D eigenvalue weighted by Crippen LogP contribution is 2.56. The first-order chi connectivity index (χ1) is 22.2. The number of aliphatic hydroxyl groups excluding tert-OH is 1. The van der Waals surface area contributed by atoms with Gasteiger partial charge in [-0.2, -0.15) is 0 Å². The van der Waals surface area contributed by atoms with Gasteiger partial charge in [-0.15, -0.1) is 0 Å². The lowest BCUT2D eigenvalue weighted by molar-refractivity contribution is -0.275. The molecule has 1 aliphatic heterocycles. The molecule has 0 radical (unpaired) electrons. The van der Waals surface area contributed by atoms with Crippen LogP contribution < -0.4 is 0 Å². The molecular formula is C37H48O10. The van der Waals surface area contributed by atoms with Crippen LogP contribution >= 0.6 is 0 Å². The van der Waals surface area contributed by atoms with Gasteiger partial charge in [0.05, 0.1) is 29.3 Å². The first-order valence-electron chi connectivity index (χ1n) is 16.7. The zero-order chi connectivity index (χ0) is 34.1. The first kappa shape index (κ1) is 35.3. The molecular weight excluding hydrogens is 604 g/mol. The molecule has 0 amide bonds. The number of hydrogen-bond donors (Lipinski definition) is 2. The van der Waals surface area contributed by atoms with E-state index in [4.69, 9.17) is 18.9 Å². The van der Waals surface area contributed by atoms with Crippen LogP contribution in [-0.4, -0.2) is 83.1 Å². The largest absolute Gasteiger partial charge is 0.458 e. The Hall–Kier alpha value is -3.02. The Kier molecular flexibility index (Phi) is 10.4. The molecule has 3 fully saturated rings. The Balaban J connectivity index is 1.39. The Morgan fingerprint density at radius 2 is 1.87 bits per heavy atom. The van der Waals surface area contributed by atoms with Crippen molar-refractivity contribution in [2.45, 2.75) is 115 Å². The fourth-order valence-electron chi connectivity index (χ4n) is 8.39. The molecule has 1 saturated heterocycles. The molecule has 2 N–H and O–H groups in total. The zero-order valence-corrected chi connectivity index (χ0v) is 27.9. The smallest absolute Gasteiger partial charge is 0.331 e. The summed E-state index contributed by atoms with van der Waals surface area (Å²) >= 11 is 0. The summed E-state index contributed by atoms with van der Waals surface area (Å²) in [6.45, 7) is 6.73. The lowest BCUT2D eigenvalue weighted by Gasteiger charge is -2.55. The zero-order valence-electron chi connectivity index (χ0n) is 27.9. The van der Waals surface area contributed by atoms with Crippen molar-refractivity contribution in [1.82, 2.24) is 0 Å².